The van der Waals surface area contributed by atoms with Gasteiger partial charge in [-0.05, 0) is 0 Å². The number of carbonyl (C=O) groups excluding carboxylic acids is 1. The summed E-state index contributed by atoms with van der Waals surface area (Å²) in [5.74, 6) is -0.137. The second kappa shape index (κ2) is 3.26. The van der Waals surface area contributed by atoms with Crippen LogP contribution in [0.25, 0.3) is 0 Å². The predicted octanol–water partition coefficient (Wildman–Crippen LogP) is 0.776. The fraction of sp³-hybridized carbons (Fsp3) is 0.500. The molecule has 0 aromatic heterocycles. The first-order valence-electron chi connectivity index (χ1n) is 1.28. The van der Waals surface area contributed by atoms with Crippen LogP contribution in [0, 0.1) is 0 Å². The highest BCUT2D eigenvalue weighted by molar-refractivity contribution is 7.46. The van der Waals surface area contributed by atoms with Gasteiger partial charge in [-0.2, -0.15) is 0 Å². The minimum atomic E-state index is -0.889. The van der Waals surface area contributed by atoms with Crippen LogP contribution in [0.4, 0.5) is 0 Å². The summed E-state index contributed by atoms with van der Waals surface area (Å²) in [6, 6.07) is 0. The maximum Gasteiger partial charge on any atom is 0.223 e. The Labute approximate surface area is 41.7 Å². The van der Waals surface area contributed by atoms with Gasteiger partial charge < -0.3 is 0 Å². The van der Waals surface area contributed by atoms with Crippen molar-refractivity contribution in [3.8, 4) is 0 Å². The molecule has 0 saturated carbocycles. The van der Waals surface area contributed by atoms with Crippen LogP contribution in [0.15, 0.2) is 0 Å². The Hall–Kier alpha value is 0.0600. The standard InChI is InChI=1S/C2H3ClO2P/c3-1-2(4)6-5/h6H,1H2. The zero-order chi connectivity index (χ0) is 4.99. The first kappa shape index (κ1) is 6.06. The van der Waals surface area contributed by atoms with Gasteiger partial charge in [0, 0.05) is 0 Å². The molecule has 1 unspecified atom stereocenters. The third-order valence-electron chi connectivity index (χ3n) is 0.235. The van der Waals surface area contributed by atoms with Gasteiger partial charge in [0.1, 0.15) is 8.46 Å². The second-order valence-corrected chi connectivity index (χ2v) is 1.69. The van der Waals surface area contributed by atoms with Crippen LogP contribution in [-0.2, 0) is 9.36 Å². The summed E-state index contributed by atoms with van der Waals surface area (Å²) in [6.07, 6.45) is 0. The van der Waals surface area contributed by atoms with Gasteiger partial charge in [-0.1, -0.05) is 0 Å². The highest BCUT2D eigenvalue weighted by Gasteiger charge is 1.89. The molecule has 0 aliphatic carbocycles. The summed E-state index contributed by atoms with van der Waals surface area (Å²) in [5, 5.41) is 0. The van der Waals surface area contributed by atoms with Crippen molar-refractivity contribution >= 4 is 25.6 Å². The lowest BCUT2D eigenvalue weighted by Crippen LogP contribution is -1.82. The molecule has 1 radical (unpaired) electrons. The summed E-state index contributed by atoms with van der Waals surface area (Å²) >= 11 is 4.91. The Balaban J connectivity index is 3.23. The van der Waals surface area contributed by atoms with Gasteiger partial charge in [0.25, 0.3) is 0 Å². The van der Waals surface area contributed by atoms with Gasteiger partial charge in [0.2, 0.25) is 5.52 Å². The number of hydrogen-bond acceptors (Lipinski definition) is 2. The Kier molecular flexibility index (Phi) is 3.29. The highest BCUT2D eigenvalue weighted by Crippen LogP contribution is 1.93. The van der Waals surface area contributed by atoms with E-state index in [1.807, 2.05) is 0 Å². The van der Waals surface area contributed by atoms with E-state index in [1.165, 1.54) is 0 Å². The molecular formula is C2H3ClO2P. The molecule has 1 atom stereocenters. The van der Waals surface area contributed by atoms with Gasteiger partial charge in [-0.25, -0.2) is 0 Å². The maximum absolute atomic E-state index is 9.75. The van der Waals surface area contributed by atoms with Crippen molar-refractivity contribution in [3.05, 3.63) is 0 Å². The first-order valence-corrected chi connectivity index (χ1v) is 2.72. The molecule has 6 heavy (non-hydrogen) atoms. The normalized spacial score (nSPS) is 8.83. The molecule has 4 heteroatoms. The quantitative estimate of drug-likeness (QED) is 0.404. The number of hydrogen-bond donors (Lipinski definition) is 0. The molecule has 35 valence electrons. The Morgan fingerprint density at radius 2 is 2.33 bits per heavy atom. The van der Waals surface area contributed by atoms with E-state index in [9.17, 15) is 9.36 Å². The molecule has 0 aromatic carbocycles. The minimum Gasteiger partial charge on any atom is -0.286 e. The zero-order valence-corrected chi connectivity index (χ0v) is 4.66. The molecule has 0 fully saturated rings. The van der Waals surface area contributed by atoms with E-state index >= 15 is 0 Å². The number of halogens is 1. The van der Waals surface area contributed by atoms with E-state index in [0.717, 1.165) is 0 Å². The smallest absolute Gasteiger partial charge is 0.223 e. The van der Waals surface area contributed by atoms with E-state index in [-0.39, 0.29) is 5.88 Å². The average molecular weight is 125 g/mol. The molecule has 2 nitrogen and oxygen atoms in total. The zero-order valence-electron chi connectivity index (χ0n) is 2.90. The Bertz CT molecular complexity index is 71.9. The first-order chi connectivity index (χ1) is 2.81. The number of rotatable bonds is 2. The van der Waals surface area contributed by atoms with Crippen LogP contribution in [0.3, 0.4) is 0 Å². The van der Waals surface area contributed by atoms with Gasteiger partial charge in [-0.15, -0.1) is 11.6 Å². The lowest BCUT2D eigenvalue weighted by molar-refractivity contribution is -0.109. The van der Waals surface area contributed by atoms with Crippen LogP contribution >= 0.6 is 20.1 Å². The molecule has 0 aliphatic rings. The van der Waals surface area contributed by atoms with Crippen molar-refractivity contribution in [2.75, 3.05) is 5.88 Å². The predicted molar refractivity (Wildman–Crippen MR) is 24.7 cm³/mol. The van der Waals surface area contributed by atoms with Crippen molar-refractivity contribution in [2.24, 2.45) is 0 Å². The number of alkyl halides is 1. The summed E-state index contributed by atoms with van der Waals surface area (Å²) in [6.45, 7) is 0. The van der Waals surface area contributed by atoms with Crippen molar-refractivity contribution in [3.63, 3.8) is 0 Å². The van der Waals surface area contributed by atoms with Crippen LogP contribution in [0.5, 0.6) is 0 Å². The van der Waals surface area contributed by atoms with Crippen LogP contribution in [0.2, 0.25) is 0 Å². The largest absolute Gasteiger partial charge is 0.286 e. The fourth-order valence-electron chi connectivity index (χ4n) is 0.0273. The van der Waals surface area contributed by atoms with E-state index in [1.54, 1.807) is 0 Å². The number of carbonyl (C=O) groups is 1. The SMILES string of the molecule is O=[PH]C(=O)CCl. The van der Waals surface area contributed by atoms with E-state index in [2.05, 4.69) is 0 Å². The molecule has 0 saturated heterocycles. The van der Waals surface area contributed by atoms with Crippen LogP contribution < -0.4 is 0 Å². The third-order valence-corrected chi connectivity index (χ3v) is 1.11. The van der Waals surface area contributed by atoms with E-state index in [0.29, 0.717) is 0 Å². The molecule has 0 spiro atoms. The van der Waals surface area contributed by atoms with E-state index in [4.69, 9.17) is 11.6 Å². The van der Waals surface area contributed by atoms with Crippen molar-refractivity contribution in [1.29, 1.82) is 0 Å². The minimum absolute atomic E-state index is 0.137. The van der Waals surface area contributed by atoms with Gasteiger partial charge >= 0.3 is 0 Å². The summed E-state index contributed by atoms with van der Waals surface area (Å²) < 4.78 is 9.45. The molecule has 0 rings (SSSR count). The third kappa shape index (κ3) is 2.31. The summed E-state index contributed by atoms with van der Waals surface area (Å²) in [4.78, 5) is 9.75. The van der Waals surface area contributed by atoms with E-state index < -0.39 is 14.0 Å². The van der Waals surface area contributed by atoms with Crippen LogP contribution in [-0.4, -0.2) is 11.4 Å². The van der Waals surface area contributed by atoms with Crippen LogP contribution in [0.1, 0.15) is 0 Å². The summed E-state index contributed by atoms with van der Waals surface area (Å²) in [7, 11) is -0.889. The molecule has 0 bridgehead atoms. The van der Waals surface area contributed by atoms with Crippen molar-refractivity contribution in [1.82, 2.24) is 0 Å². The molecule has 0 aromatic rings. The molecule has 0 aliphatic heterocycles. The molecule has 0 N–H and O–H groups in total. The molecule has 0 heterocycles. The van der Waals surface area contributed by atoms with Gasteiger partial charge in [-0.3, -0.25) is 9.36 Å². The molecule has 0 amide bonds. The van der Waals surface area contributed by atoms with Crippen molar-refractivity contribution < 1.29 is 9.36 Å². The fourth-order valence-corrected chi connectivity index (χ4v) is 0.245. The van der Waals surface area contributed by atoms with Gasteiger partial charge in [0.15, 0.2) is 0 Å². The monoisotopic (exact) mass is 125 g/mol. The van der Waals surface area contributed by atoms with Gasteiger partial charge in [0.05, 0.1) is 5.88 Å². The molecular weight excluding hydrogens is 122 g/mol. The average Bonchev–Trinajstić information content (AvgIpc) is 1.65. The van der Waals surface area contributed by atoms with Crippen molar-refractivity contribution in [2.45, 2.75) is 0 Å². The highest BCUT2D eigenvalue weighted by atomic mass is 35.5. The second-order valence-electron chi connectivity index (χ2n) is 0.659. The topological polar surface area (TPSA) is 34.1 Å². The Morgan fingerprint density at radius 3 is 2.33 bits per heavy atom. The maximum atomic E-state index is 9.75. The lowest BCUT2D eigenvalue weighted by atomic mass is 10.9. The summed E-state index contributed by atoms with van der Waals surface area (Å²) in [5.41, 5.74) is -0.420. The Morgan fingerprint density at radius 1 is 1.83 bits per heavy atom. The lowest BCUT2D eigenvalue weighted by Gasteiger charge is -1.69.